The van der Waals surface area contributed by atoms with Gasteiger partial charge in [0, 0.05) is 0 Å². The summed E-state index contributed by atoms with van der Waals surface area (Å²) in [5.41, 5.74) is 0. The molecule has 1 aromatic rings. The van der Waals surface area contributed by atoms with Crippen molar-refractivity contribution in [3.8, 4) is 0 Å². The summed E-state index contributed by atoms with van der Waals surface area (Å²) in [5.74, 6) is 0. The maximum atomic E-state index is 3.25. The van der Waals surface area contributed by atoms with Gasteiger partial charge < -0.3 is 5.10 Å². The van der Waals surface area contributed by atoms with Crippen LogP contribution in [0.25, 0.3) is 0 Å². The van der Waals surface area contributed by atoms with Crippen LogP contribution in [0.1, 0.15) is 0 Å². The van der Waals surface area contributed by atoms with E-state index in [1.807, 2.05) is 0 Å². The van der Waals surface area contributed by atoms with Crippen molar-refractivity contribution < 1.29 is 29.6 Å². The molecular formula is CHN4Na. The second-order valence-electron chi connectivity index (χ2n) is 0.525. The zero-order valence-electron chi connectivity index (χ0n) is 3.37. The zero-order valence-corrected chi connectivity index (χ0v) is 5.37. The van der Waals surface area contributed by atoms with Gasteiger partial charge in [-0.05, 0) is 6.33 Å². The fourth-order valence-electron chi connectivity index (χ4n) is 0.115. The predicted octanol–water partition coefficient (Wildman–Crippen LogP) is -4.17. The van der Waals surface area contributed by atoms with Gasteiger partial charge in [-0.3, -0.25) is 10.3 Å². The molecule has 1 aromatic heterocycles. The van der Waals surface area contributed by atoms with Crippen molar-refractivity contribution in [1.29, 1.82) is 0 Å². The van der Waals surface area contributed by atoms with Gasteiger partial charge >= 0.3 is 29.6 Å². The van der Waals surface area contributed by atoms with Crippen molar-refractivity contribution in [3.63, 3.8) is 0 Å². The molecule has 0 aliphatic heterocycles. The second-order valence-corrected chi connectivity index (χ2v) is 0.525. The molecule has 5 heteroatoms. The van der Waals surface area contributed by atoms with Crippen LogP contribution in [0.15, 0.2) is 6.33 Å². The molecule has 0 unspecified atom stereocenters. The van der Waals surface area contributed by atoms with Crippen LogP contribution in [0.2, 0.25) is 0 Å². The summed E-state index contributed by atoms with van der Waals surface area (Å²) in [7, 11) is 0. The molecule has 0 atom stereocenters. The molecule has 0 saturated heterocycles. The average Bonchev–Trinajstić information content (AvgIpc) is 1.76. The standard InChI is InChI=1S/CHN4.Na/c1-2-4-5-3-1;/h1H;/q-1;+1. The molecular weight excluding hydrogens is 91.0 g/mol. The van der Waals surface area contributed by atoms with Gasteiger partial charge in [0.25, 0.3) is 0 Å². The van der Waals surface area contributed by atoms with Gasteiger partial charge in [-0.2, -0.15) is 5.21 Å². The van der Waals surface area contributed by atoms with Crippen LogP contribution in [-0.4, -0.2) is 15.5 Å². The molecule has 0 bridgehead atoms. The van der Waals surface area contributed by atoms with E-state index in [4.69, 9.17) is 0 Å². The molecule has 0 spiro atoms. The molecule has 0 aliphatic rings. The maximum absolute atomic E-state index is 3.25. The van der Waals surface area contributed by atoms with Gasteiger partial charge in [0.05, 0.1) is 0 Å². The Hall–Kier alpha value is 0.0700. The SMILES string of the molecule is [Na+].c1nnn[n-]1. The molecule has 1 rings (SSSR count). The molecule has 0 radical (unpaired) electrons. The summed E-state index contributed by atoms with van der Waals surface area (Å²) in [6.45, 7) is 0. The molecule has 0 N–H and O–H groups in total. The van der Waals surface area contributed by atoms with E-state index < -0.39 is 0 Å². The molecule has 0 amide bonds. The summed E-state index contributed by atoms with van der Waals surface area (Å²) in [6, 6.07) is 0. The summed E-state index contributed by atoms with van der Waals surface area (Å²) < 4.78 is 0. The van der Waals surface area contributed by atoms with E-state index in [9.17, 15) is 0 Å². The van der Waals surface area contributed by atoms with E-state index in [-0.39, 0.29) is 29.6 Å². The van der Waals surface area contributed by atoms with Gasteiger partial charge in [0.1, 0.15) is 0 Å². The van der Waals surface area contributed by atoms with E-state index in [0.29, 0.717) is 0 Å². The van der Waals surface area contributed by atoms with E-state index in [0.717, 1.165) is 0 Å². The zero-order chi connectivity index (χ0) is 3.54. The Morgan fingerprint density at radius 2 is 2.33 bits per heavy atom. The third-order valence-corrected chi connectivity index (χ3v) is 0.247. The van der Waals surface area contributed by atoms with Gasteiger partial charge in [-0.15, -0.1) is 0 Å². The fraction of sp³-hybridized carbons (Fsp3) is 0. The first-order chi connectivity index (χ1) is 2.50. The van der Waals surface area contributed by atoms with Crippen LogP contribution in [-0.2, 0) is 0 Å². The summed E-state index contributed by atoms with van der Waals surface area (Å²) in [6.07, 6.45) is 1.28. The van der Waals surface area contributed by atoms with E-state index in [1.54, 1.807) is 0 Å². The first-order valence-electron chi connectivity index (χ1n) is 1.12. The Kier molecular flexibility index (Phi) is 3.31. The molecule has 1 heterocycles. The summed E-state index contributed by atoms with van der Waals surface area (Å²) in [4.78, 5) is 0. The van der Waals surface area contributed by atoms with Crippen molar-refractivity contribution >= 4 is 0 Å². The fourth-order valence-corrected chi connectivity index (χ4v) is 0.115. The minimum absolute atomic E-state index is 0. The largest absolute Gasteiger partial charge is 1.00 e. The molecule has 0 saturated carbocycles. The summed E-state index contributed by atoms with van der Waals surface area (Å²) in [5, 5.41) is 12.7. The van der Waals surface area contributed by atoms with Crippen LogP contribution in [0.4, 0.5) is 0 Å². The van der Waals surface area contributed by atoms with Crippen molar-refractivity contribution in [1.82, 2.24) is 20.6 Å². The van der Waals surface area contributed by atoms with Crippen LogP contribution in [0.5, 0.6) is 0 Å². The van der Waals surface area contributed by atoms with Crippen molar-refractivity contribution in [2.75, 3.05) is 0 Å². The number of tetrazole rings is 1. The first-order valence-corrected chi connectivity index (χ1v) is 1.12. The predicted molar refractivity (Wildman–Crippen MR) is 13.1 cm³/mol. The van der Waals surface area contributed by atoms with Crippen LogP contribution in [0.3, 0.4) is 0 Å². The topological polar surface area (TPSA) is 52.8 Å². The van der Waals surface area contributed by atoms with Gasteiger partial charge in [-0.25, -0.2) is 0 Å². The Labute approximate surface area is 56.6 Å². The van der Waals surface area contributed by atoms with Crippen molar-refractivity contribution in [2.45, 2.75) is 0 Å². The summed E-state index contributed by atoms with van der Waals surface area (Å²) >= 11 is 0. The van der Waals surface area contributed by atoms with Crippen molar-refractivity contribution in [2.24, 2.45) is 0 Å². The smallest absolute Gasteiger partial charge is 0.339 e. The Bertz CT molecular complexity index is 64.0. The average molecular weight is 92.0 g/mol. The van der Waals surface area contributed by atoms with Gasteiger partial charge in [-0.1, -0.05) is 0 Å². The molecule has 4 nitrogen and oxygen atoms in total. The third kappa shape index (κ3) is 1.49. The molecule has 26 valence electrons. The minimum atomic E-state index is 0. The van der Waals surface area contributed by atoms with Gasteiger partial charge in [0.15, 0.2) is 0 Å². The van der Waals surface area contributed by atoms with Crippen LogP contribution in [0, 0.1) is 0 Å². The second kappa shape index (κ2) is 3.27. The Morgan fingerprint density at radius 3 is 2.50 bits per heavy atom. The molecule has 0 aliphatic carbocycles. The third-order valence-electron chi connectivity index (χ3n) is 0.247. The number of nitrogens with zero attached hydrogens (tertiary/aromatic N) is 4. The number of rotatable bonds is 0. The number of aromatic nitrogens is 4. The monoisotopic (exact) mass is 92.0 g/mol. The molecule has 0 aromatic carbocycles. The normalized spacial score (nSPS) is 6.67. The molecule has 0 fully saturated rings. The van der Waals surface area contributed by atoms with E-state index >= 15 is 0 Å². The Morgan fingerprint density at radius 1 is 1.50 bits per heavy atom. The van der Waals surface area contributed by atoms with Crippen molar-refractivity contribution in [3.05, 3.63) is 6.33 Å². The van der Waals surface area contributed by atoms with Crippen LogP contribution >= 0.6 is 0 Å². The van der Waals surface area contributed by atoms with Gasteiger partial charge in [0.2, 0.25) is 0 Å². The first kappa shape index (κ1) is 6.07. The number of hydrogen-bond acceptors (Lipinski definition) is 3. The van der Waals surface area contributed by atoms with E-state index in [2.05, 4.69) is 20.6 Å². The van der Waals surface area contributed by atoms with E-state index in [1.165, 1.54) is 6.33 Å². The quantitative estimate of drug-likeness (QED) is 0.305. The number of hydrogen-bond donors (Lipinski definition) is 0. The van der Waals surface area contributed by atoms with Crippen LogP contribution < -0.4 is 34.7 Å². The minimum Gasteiger partial charge on any atom is -0.339 e. The Balaban J connectivity index is 0.000000250. The maximum Gasteiger partial charge on any atom is 1.00 e. The molecule has 6 heavy (non-hydrogen) atoms.